The molecule has 2 amide bonds. The molecule has 2 unspecified atom stereocenters. The van der Waals surface area contributed by atoms with Gasteiger partial charge < -0.3 is 15.1 Å². The second-order valence-electron chi connectivity index (χ2n) is 6.20. The van der Waals surface area contributed by atoms with Crippen LogP contribution < -0.4 is 5.32 Å². The van der Waals surface area contributed by atoms with Crippen LogP contribution in [0.5, 0.6) is 0 Å². The van der Waals surface area contributed by atoms with Crippen molar-refractivity contribution in [3.8, 4) is 0 Å². The largest absolute Gasteiger partial charge is 0.340 e. The molecule has 0 aromatic heterocycles. The third kappa shape index (κ3) is 3.85. The van der Waals surface area contributed by atoms with Gasteiger partial charge in [0.25, 0.3) is 0 Å². The van der Waals surface area contributed by atoms with Crippen LogP contribution in [0.1, 0.15) is 13.3 Å². The average Bonchev–Trinajstić information content (AvgIpc) is 3.37. The maximum Gasteiger partial charge on any atom is 0.228 e. The van der Waals surface area contributed by atoms with Gasteiger partial charge in [0.2, 0.25) is 11.8 Å². The monoisotopic (exact) mass is 335 g/mol. The number of nitrogens with one attached hydrogen (secondary N) is 1. The first kappa shape index (κ1) is 16.3. The van der Waals surface area contributed by atoms with Crippen molar-refractivity contribution in [2.45, 2.75) is 13.3 Å². The van der Waals surface area contributed by atoms with Gasteiger partial charge in [-0.15, -0.1) is 0 Å². The minimum absolute atomic E-state index is 0.0714. The summed E-state index contributed by atoms with van der Waals surface area (Å²) in [4.78, 5) is 29.0. The Labute approximate surface area is 141 Å². The van der Waals surface area contributed by atoms with Gasteiger partial charge in [0.15, 0.2) is 0 Å². The Kier molecular flexibility index (Phi) is 4.87. The summed E-state index contributed by atoms with van der Waals surface area (Å²) in [6.07, 6.45) is 0.659. The predicted octanol–water partition coefficient (Wildman–Crippen LogP) is 2.08. The number of benzene rings is 1. The highest BCUT2D eigenvalue weighted by Crippen LogP contribution is 2.41. The molecule has 1 aliphatic carbocycles. The minimum atomic E-state index is -0.192. The number of hydrogen-bond donors (Lipinski definition) is 1. The fourth-order valence-electron chi connectivity index (χ4n) is 3.04. The Hall–Kier alpha value is -1.59. The summed E-state index contributed by atoms with van der Waals surface area (Å²) in [5.41, 5.74) is 0.717. The molecule has 1 heterocycles. The smallest absolute Gasteiger partial charge is 0.228 e. The number of hydrogen-bond acceptors (Lipinski definition) is 3. The predicted molar refractivity (Wildman–Crippen MR) is 90.4 cm³/mol. The van der Waals surface area contributed by atoms with E-state index in [0.29, 0.717) is 17.1 Å². The normalized spacial score (nSPS) is 24.3. The summed E-state index contributed by atoms with van der Waals surface area (Å²) in [6, 6.07) is 7.01. The topological polar surface area (TPSA) is 52.7 Å². The van der Waals surface area contributed by atoms with Crippen LogP contribution in [0.4, 0.5) is 5.69 Å². The zero-order chi connectivity index (χ0) is 16.4. The Morgan fingerprint density at radius 1 is 1.13 bits per heavy atom. The van der Waals surface area contributed by atoms with Crippen LogP contribution in [0.3, 0.4) is 0 Å². The standard InChI is InChI=1S/C17H22ClN3O2/c1-2-20-7-9-21(10-8-20)17(23)15-11-14(15)16(22)19-13-5-3-12(18)4-6-13/h3-6,14-15H,2,7-11H2,1H3,(H,19,22). The highest BCUT2D eigenvalue weighted by atomic mass is 35.5. The molecule has 2 aliphatic rings. The third-order valence-corrected chi connectivity index (χ3v) is 4.94. The summed E-state index contributed by atoms with van der Waals surface area (Å²) < 4.78 is 0. The van der Waals surface area contributed by atoms with Crippen LogP contribution in [0, 0.1) is 11.8 Å². The first-order chi connectivity index (χ1) is 11.1. The van der Waals surface area contributed by atoms with E-state index in [1.165, 1.54) is 0 Å². The quantitative estimate of drug-likeness (QED) is 0.916. The number of amides is 2. The van der Waals surface area contributed by atoms with Gasteiger partial charge in [-0.3, -0.25) is 9.59 Å². The Bertz CT molecular complexity index is 582. The van der Waals surface area contributed by atoms with Crippen molar-refractivity contribution in [1.29, 1.82) is 0 Å². The molecule has 0 spiro atoms. The van der Waals surface area contributed by atoms with E-state index in [0.717, 1.165) is 32.7 Å². The van der Waals surface area contributed by atoms with Crippen LogP contribution in [-0.4, -0.2) is 54.3 Å². The van der Waals surface area contributed by atoms with Gasteiger partial charge >= 0.3 is 0 Å². The van der Waals surface area contributed by atoms with Crippen LogP contribution in [-0.2, 0) is 9.59 Å². The number of halogens is 1. The van der Waals surface area contributed by atoms with Crippen molar-refractivity contribution >= 4 is 29.1 Å². The molecule has 2 fully saturated rings. The van der Waals surface area contributed by atoms with Crippen molar-refractivity contribution in [1.82, 2.24) is 9.80 Å². The molecule has 6 heteroatoms. The molecule has 23 heavy (non-hydrogen) atoms. The SMILES string of the molecule is CCN1CCN(C(=O)C2CC2C(=O)Nc2ccc(Cl)cc2)CC1. The van der Waals surface area contributed by atoms with Crippen molar-refractivity contribution < 1.29 is 9.59 Å². The van der Waals surface area contributed by atoms with Gasteiger partial charge in [0.1, 0.15) is 0 Å². The highest BCUT2D eigenvalue weighted by Gasteiger charge is 2.49. The highest BCUT2D eigenvalue weighted by molar-refractivity contribution is 6.30. The molecule has 124 valence electrons. The van der Waals surface area contributed by atoms with Gasteiger partial charge in [-0.1, -0.05) is 18.5 Å². The molecule has 1 N–H and O–H groups in total. The minimum Gasteiger partial charge on any atom is -0.340 e. The van der Waals surface area contributed by atoms with E-state index in [4.69, 9.17) is 11.6 Å². The summed E-state index contributed by atoms with van der Waals surface area (Å²) in [5.74, 6) is -0.271. The van der Waals surface area contributed by atoms with E-state index in [9.17, 15) is 9.59 Å². The van der Waals surface area contributed by atoms with Crippen molar-refractivity contribution in [3.63, 3.8) is 0 Å². The Morgan fingerprint density at radius 2 is 1.78 bits per heavy atom. The van der Waals surface area contributed by atoms with Crippen LogP contribution >= 0.6 is 11.6 Å². The average molecular weight is 336 g/mol. The number of carbonyl (C=O) groups excluding carboxylic acids is 2. The second kappa shape index (κ2) is 6.89. The van der Waals surface area contributed by atoms with E-state index in [2.05, 4.69) is 17.1 Å². The lowest BCUT2D eigenvalue weighted by molar-refractivity contribution is -0.135. The van der Waals surface area contributed by atoms with Crippen LogP contribution in [0.15, 0.2) is 24.3 Å². The molecule has 0 bridgehead atoms. The summed E-state index contributed by atoms with van der Waals surface area (Å²) in [6.45, 7) is 6.56. The fraction of sp³-hybridized carbons (Fsp3) is 0.529. The van der Waals surface area contributed by atoms with Crippen LogP contribution in [0.2, 0.25) is 5.02 Å². The van der Waals surface area contributed by atoms with Gasteiger partial charge in [-0.25, -0.2) is 0 Å². The zero-order valence-corrected chi connectivity index (χ0v) is 14.1. The van der Waals surface area contributed by atoms with Gasteiger partial charge in [0, 0.05) is 36.9 Å². The maximum atomic E-state index is 12.5. The fourth-order valence-corrected chi connectivity index (χ4v) is 3.17. The van der Waals surface area contributed by atoms with E-state index < -0.39 is 0 Å². The van der Waals surface area contributed by atoms with Gasteiger partial charge in [-0.2, -0.15) is 0 Å². The van der Waals surface area contributed by atoms with Crippen molar-refractivity contribution in [2.24, 2.45) is 11.8 Å². The Balaban J connectivity index is 1.49. The zero-order valence-electron chi connectivity index (χ0n) is 13.3. The number of piperazine rings is 1. The maximum absolute atomic E-state index is 12.5. The molecule has 1 saturated heterocycles. The van der Waals surface area contributed by atoms with E-state index in [-0.39, 0.29) is 23.7 Å². The van der Waals surface area contributed by atoms with E-state index >= 15 is 0 Å². The van der Waals surface area contributed by atoms with Gasteiger partial charge in [-0.05, 0) is 37.2 Å². The molecule has 5 nitrogen and oxygen atoms in total. The van der Waals surface area contributed by atoms with Crippen molar-refractivity contribution in [2.75, 3.05) is 38.0 Å². The lowest BCUT2D eigenvalue weighted by Gasteiger charge is -2.34. The Morgan fingerprint density at radius 3 is 2.39 bits per heavy atom. The van der Waals surface area contributed by atoms with Crippen LogP contribution in [0.25, 0.3) is 0 Å². The molecule has 1 aromatic carbocycles. The lowest BCUT2D eigenvalue weighted by atomic mass is 10.2. The third-order valence-electron chi connectivity index (χ3n) is 4.69. The number of likely N-dealkylation sites (N-methyl/N-ethyl adjacent to an activating group) is 1. The first-order valence-electron chi connectivity index (χ1n) is 8.16. The molecular weight excluding hydrogens is 314 g/mol. The molecule has 1 aliphatic heterocycles. The number of nitrogens with zero attached hydrogens (tertiary/aromatic N) is 2. The number of rotatable bonds is 4. The summed E-state index contributed by atoms with van der Waals surface area (Å²) >= 11 is 5.83. The molecule has 1 saturated carbocycles. The molecular formula is C17H22ClN3O2. The van der Waals surface area contributed by atoms with Crippen molar-refractivity contribution in [3.05, 3.63) is 29.3 Å². The number of carbonyl (C=O) groups is 2. The molecule has 0 radical (unpaired) electrons. The second-order valence-corrected chi connectivity index (χ2v) is 6.64. The molecule has 3 rings (SSSR count). The summed E-state index contributed by atoms with van der Waals surface area (Å²) in [7, 11) is 0. The van der Waals surface area contributed by atoms with Gasteiger partial charge in [0.05, 0.1) is 11.8 Å². The first-order valence-corrected chi connectivity index (χ1v) is 8.54. The number of anilines is 1. The van der Waals surface area contributed by atoms with E-state index in [1.807, 2.05) is 4.90 Å². The molecule has 2 atom stereocenters. The summed E-state index contributed by atoms with van der Waals surface area (Å²) in [5, 5.41) is 3.49. The molecule has 1 aromatic rings. The van der Waals surface area contributed by atoms with E-state index in [1.54, 1.807) is 24.3 Å². The lowest BCUT2D eigenvalue weighted by Crippen LogP contribution is -2.49.